The molecule has 2 aromatic carbocycles. The van der Waals surface area contributed by atoms with Crippen molar-refractivity contribution in [3.05, 3.63) is 59.2 Å². The molecule has 0 amide bonds. The lowest BCUT2D eigenvalue weighted by atomic mass is 9.80. The van der Waals surface area contributed by atoms with E-state index in [9.17, 15) is 0 Å². The topological polar surface area (TPSA) is 30.5 Å². The van der Waals surface area contributed by atoms with Gasteiger partial charge in [-0.25, -0.2) is 0 Å². The highest BCUT2D eigenvalue weighted by Gasteiger charge is 2.41. The van der Waals surface area contributed by atoms with Crippen LogP contribution in [0.3, 0.4) is 0 Å². The van der Waals surface area contributed by atoms with Gasteiger partial charge in [-0.3, -0.25) is 0 Å². The standard InChI is InChI=1S/C22H23NO2/c1-3-12-24-17-8-6-16(7-9-17)21-18-11-13-25-22(18)19-14-15(4-2)5-10-20(19)23-21/h1,5-10,14,18,21-23H,4,11-13H2,2H3/t18-,21+,22-/m0/s1. The van der Waals surface area contributed by atoms with Crippen molar-refractivity contribution >= 4 is 5.69 Å². The van der Waals surface area contributed by atoms with Crippen LogP contribution in [0.25, 0.3) is 0 Å². The van der Waals surface area contributed by atoms with Crippen LogP contribution in [-0.2, 0) is 11.2 Å². The first-order valence-electron chi connectivity index (χ1n) is 8.97. The number of hydrogen-bond donors (Lipinski definition) is 1. The van der Waals surface area contributed by atoms with Gasteiger partial charge in [0.15, 0.2) is 0 Å². The van der Waals surface area contributed by atoms with Gasteiger partial charge in [0.25, 0.3) is 0 Å². The molecule has 0 spiro atoms. The van der Waals surface area contributed by atoms with Crippen LogP contribution in [0.4, 0.5) is 5.69 Å². The molecular formula is C22H23NO2. The quantitative estimate of drug-likeness (QED) is 0.835. The predicted molar refractivity (Wildman–Crippen MR) is 99.8 cm³/mol. The fourth-order valence-corrected chi connectivity index (χ4v) is 3.97. The van der Waals surface area contributed by atoms with Gasteiger partial charge in [-0.2, -0.15) is 0 Å². The smallest absolute Gasteiger partial charge is 0.148 e. The van der Waals surface area contributed by atoms with Crippen LogP contribution in [0.15, 0.2) is 42.5 Å². The molecule has 1 N–H and O–H groups in total. The molecule has 25 heavy (non-hydrogen) atoms. The second kappa shape index (κ2) is 6.82. The van der Waals surface area contributed by atoms with Gasteiger partial charge in [-0.1, -0.05) is 37.1 Å². The van der Waals surface area contributed by atoms with E-state index in [0.717, 1.165) is 25.2 Å². The number of ether oxygens (including phenoxy) is 2. The maximum atomic E-state index is 6.12. The molecule has 4 rings (SSSR count). The first-order chi connectivity index (χ1) is 12.3. The lowest BCUT2D eigenvalue weighted by Crippen LogP contribution is -2.29. The Kier molecular flexibility index (Phi) is 4.38. The van der Waals surface area contributed by atoms with Gasteiger partial charge >= 0.3 is 0 Å². The minimum atomic E-state index is 0.185. The van der Waals surface area contributed by atoms with Crippen molar-refractivity contribution in [2.45, 2.75) is 31.9 Å². The van der Waals surface area contributed by atoms with Crippen molar-refractivity contribution in [1.82, 2.24) is 0 Å². The monoisotopic (exact) mass is 333 g/mol. The summed E-state index contributed by atoms with van der Waals surface area (Å²) in [6.07, 6.45) is 7.56. The summed E-state index contributed by atoms with van der Waals surface area (Å²) in [6, 6.07) is 15.2. The first-order valence-corrected chi connectivity index (χ1v) is 8.97. The van der Waals surface area contributed by atoms with Crippen LogP contribution in [0.2, 0.25) is 0 Å². The van der Waals surface area contributed by atoms with E-state index < -0.39 is 0 Å². The highest BCUT2D eigenvalue weighted by molar-refractivity contribution is 5.58. The van der Waals surface area contributed by atoms with Crippen LogP contribution in [-0.4, -0.2) is 13.2 Å². The molecule has 1 saturated heterocycles. The van der Waals surface area contributed by atoms with E-state index in [-0.39, 0.29) is 12.1 Å². The summed E-state index contributed by atoms with van der Waals surface area (Å²) >= 11 is 0. The van der Waals surface area contributed by atoms with Crippen molar-refractivity contribution in [2.75, 3.05) is 18.5 Å². The lowest BCUT2D eigenvalue weighted by Gasteiger charge is -2.36. The normalized spacial score (nSPS) is 23.9. The maximum absolute atomic E-state index is 6.12. The Morgan fingerprint density at radius 3 is 2.84 bits per heavy atom. The number of anilines is 1. The summed E-state index contributed by atoms with van der Waals surface area (Å²) < 4.78 is 11.6. The molecule has 3 atom stereocenters. The van der Waals surface area contributed by atoms with E-state index in [4.69, 9.17) is 15.9 Å². The molecule has 128 valence electrons. The molecule has 0 aromatic heterocycles. The fourth-order valence-electron chi connectivity index (χ4n) is 3.97. The third-order valence-corrected chi connectivity index (χ3v) is 5.27. The minimum absolute atomic E-state index is 0.185. The van der Waals surface area contributed by atoms with Crippen molar-refractivity contribution in [2.24, 2.45) is 5.92 Å². The zero-order chi connectivity index (χ0) is 17.2. The van der Waals surface area contributed by atoms with Crippen LogP contribution >= 0.6 is 0 Å². The van der Waals surface area contributed by atoms with E-state index in [1.54, 1.807) is 0 Å². The number of hydrogen-bond acceptors (Lipinski definition) is 3. The highest BCUT2D eigenvalue weighted by atomic mass is 16.5. The van der Waals surface area contributed by atoms with Crippen molar-refractivity contribution in [3.8, 4) is 18.1 Å². The second-order valence-corrected chi connectivity index (χ2v) is 6.70. The third kappa shape index (κ3) is 2.99. The number of aryl methyl sites for hydroxylation is 1. The molecule has 0 radical (unpaired) electrons. The van der Waals surface area contributed by atoms with Crippen LogP contribution < -0.4 is 10.1 Å². The number of fused-ring (bicyclic) bond motifs is 3. The molecule has 2 aromatic rings. The first kappa shape index (κ1) is 16.1. The Labute approximate surface area is 149 Å². The van der Waals surface area contributed by atoms with E-state index in [2.05, 4.69) is 48.5 Å². The molecule has 2 aliphatic heterocycles. The average Bonchev–Trinajstić information content (AvgIpc) is 3.16. The van der Waals surface area contributed by atoms with Crippen LogP contribution in [0, 0.1) is 18.3 Å². The molecule has 2 aliphatic rings. The van der Waals surface area contributed by atoms with E-state index >= 15 is 0 Å². The largest absolute Gasteiger partial charge is 0.481 e. The van der Waals surface area contributed by atoms with Crippen molar-refractivity contribution in [1.29, 1.82) is 0 Å². The number of terminal acetylenes is 1. The molecule has 0 saturated carbocycles. The van der Waals surface area contributed by atoms with Gasteiger partial charge in [0.1, 0.15) is 12.4 Å². The van der Waals surface area contributed by atoms with E-state index in [1.807, 2.05) is 12.1 Å². The molecule has 2 heterocycles. The van der Waals surface area contributed by atoms with Crippen molar-refractivity contribution < 1.29 is 9.47 Å². The number of benzene rings is 2. The summed E-state index contributed by atoms with van der Waals surface area (Å²) in [5.74, 6) is 3.76. The Balaban J connectivity index is 1.63. The maximum Gasteiger partial charge on any atom is 0.148 e. The summed E-state index contributed by atoms with van der Waals surface area (Å²) in [5, 5.41) is 3.75. The second-order valence-electron chi connectivity index (χ2n) is 6.70. The van der Waals surface area contributed by atoms with Crippen LogP contribution in [0.1, 0.15) is 42.2 Å². The summed E-state index contributed by atoms with van der Waals surface area (Å²) in [4.78, 5) is 0. The molecular weight excluding hydrogens is 310 g/mol. The van der Waals surface area contributed by atoms with Gasteiger partial charge < -0.3 is 14.8 Å². The Morgan fingerprint density at radius 2 is 2.08 bits per heavy atom. The zero-order valence-corrected chi connectivity index (χ0v) is 14.5. The predicted octanol–water partition coefficient (Wildman–Crippen LogP) is 4.51. The summed E-state index contributed by atoms with van der Waals surface area (Å²) in [7, 11) is 0. The van der Waals surface area contributed by atoms with Gasteiger partial charge in [0.2, 0.25) is 0 Å². The SMILES string of the molecule is C#CCOc1ccc([C@H]2Nc3ccc(CC)cc3[C@H]3OCC[C@@H]23)cc1. The van der Waals surface area contributed by atoms with E-state index in [1.165, 1.54) is 22.4 Å². The van der Waals surface area contributed by atoms with Crippen LogP contribution in [0.5, 0.6) is 5.75 Å². The lowest BCUT2D eigenvalue weighted by molar-refractivity contribution is 0.0828. The molecule has 3 nitrogen and oxygen atoms in total. The molecule has 0 aliphatic carbocycles. The third-order valence-electron chi connectivity index (χ3n) is 5.27. The summed E-state index contributed by atoms with van der Waals surface area (Å²) in [6.45, 7) is 3.32. The average molecular weight is 333 g/mol. The number of nitrogens with one attached hydrogen (secondary N) is 1. The Hall–Kier alpha value is -2.44. The van der Waals surface area contributed by atoms with Gasteiger partial charge in [-0.05, 0) is 42.2 Å². The molecule has 0 bridgehead atoms. The van der Waals surface area contributed by atoms with Crippen molar-refractivity contribution in [3.63, 3.8) is 0 Å². The highest BCUT2D eigenvalue weighted by Crippen LogP contribution is 2.50. The molecule has 3 heteroatoms. The fraction of sp³-hybridized carbons (Fsp3) is 0.364. The molecule has 1 fully saturated rings. The zero-order valence-electron chi connectivity index (χ0n) is 14.5. The Bertz CT molecular complexity index is 791. The van der Waals surface area contributed by atoms with E-state index in [0.29, 0.717) is 12.5 Å². The van der Waals surface area contributed by atoms with Gasteiger partial charge in [0.05, 0.1) is 12.1 Å². The Morgan fingerprint density at radius 1 is 1.24 bits per heavy atom. The minimum Gasteiger partial charge on any atom is -0.481 e. The number of rotatable bonds is 4. The summed E-state index contributed by atoms with van der Waals surface area (Å²) in [5.41, 5.74) is 5.13. The molecule has 0 unspecified atom stereocenters. The van der Waals surface area contributed by atoms with Gasteiger partial charge in [-0.15, -0.1) is 6.42 Å². The van der Waals surface area contributed by atoms with Gasteiger partial charge in [0, 0.05) is 23.8 Å².